The maximum Gasteiger partial charge on any atom is 0.434 e. The number of aromatic nitrogens is 2. The van der Waals surface area contributed by atoms with Gasteiger partial charge in [-0.3, -0.25) is 14.5 Å². The van der Waals surface area contributed by atoms with Gasteiger partial charge in [0.15, 0.2) is 5.69 Å². The summed E-state index contributed by atoms with van der Waals surface area (Å²) in [5.74, 6) is -1.26. The monoisotopic (exact) mass is 395 g/mol. The second kappa shape index (κ2) is 8.01. The average molecular weight is 395 g/mol. The molecule has 1 aliphatic rings. The van der Waals surface area contributed by atoms with E-state index in [0.29, 0.717) is 25.9 Å². The number of carbonyl (C=O) groups excluding carboxylic acids is 2. The number of piperidine rings is 1. The zero-order valence-corrected chi connectivity index (χ0v) is 14.9. The van der Waals surface area contributed by atoms with E-state index < -0.39 is 29.2 Å². The number of likely N-dealkylation sites (tertiary alicyclic amines) is 1. The number of nitrogens with one attached hydrogen (secondary N) is 1. The van der Waals surface area contributed by atoms with Crippen molar-refractivity contribution in [1.82, 2.24) is 20.0 Å². The van der Waals surface area contributed by atoms with Crippen LogP contribution < -0.4 is 11.1 Å². The van der Waals surface area contributed by atoms with Gasteiger partial charge in [-0.15, -0.1) is 0 Å². The second-order valence-electron chi connectivity index (χ2n) is 6.64. The van der Waals surface area contributed by atoms with Crippen LogP contribution in [0, 0.1) is 0 Å². The molecule has 0 unspecified atom stereocenters. The van der Waals surface area contributed by atoms with E-state index in [1.165, 1.54) is 12.1 Å². The normalized spacial score (nSPS) is 16.1. The van der Waals surface area contributed by atoms with Gasteiger partial charge in [-0.05, 0) is 25.0 Å². The van der Waals surface area contributed by atoms with Crippen LogP contribution in [0.5, 0.6) is 0 Å². The first-order valence-electron chi connectivity index (χ1n) is 8.78. The van der Waals surface area contributed by atoms with E-state index in [4.69, 9.17) is 5.73 Å². The summed E-state index contributed by atoms with van der Waals surface area (Å²) in [7, 11) is 0. The number of nitrogens with zero attached hydrogens (tertiary/aromatic N) is 3. The molecule has 1 saturated heterocycles. The van der Waals surface area contributed by atoms with E-state index in [1.54, 1.807) is 18.2 Å². The van der Waals surface area contributed by atoms with Crippen LogP contribution in [0.1, 0.15) is 28.9 Å². The standard InChI is InChI=1S/C18H20F3N5O2/c19-18(20,21)16-14(10-23-26(16)13-4-2-1-3-5-13)17(28)24-12-6-8-25(9-7-12)11-15(22)27/h1-5,10,12H,6-9,11H2,(H2,22,27)(H,24,28). The molecule has 3 N–H and O–H groups in total. The third kappa shape index (κ3) is 4.50. The number of nitrogens with two attached hydrogens (primary N) is 1. The molecule has 1 fully saturated rings. The topological polar surface area (TPSA) is 93.2 Å². The molecule has 0 radical (unpaired) electrons. The lowest BCUT2D eigenvalue weighted by molar-refractivity contribution is -0.143. The van der Waals surface area contributed by atoms with Gasteiger partial charge >= 0.3 is 6.18 Å². The first kappa shape index (κ1) is 19.9. The summed E-state index contributed by atoms with van der Waals surface area (Å²) in [6, 6.07) is 7.56. The zero-order valence-electron chi connectivity index (χ0n) is 14.9. The van der Waals surface area contributed by atoms with Crippen LogP contribution in [0.4, 0.5) is 13.2 Å². The van der Waals surface area contributed by atoms with Gasteiger partial charge in [0.2, 0.25) is 5.91 Å². The molecule has 0 atom stereocenters. The van der Waals surface area contributed by atoms with Crippen LogP contribution in [-0.2, 0) is 11.0 Å². The molecule has 1 aliphatic heterocycles. The number of benzene rings is 1. The highest BCUT2D eigenvalue weighted by molar-refractivity contribution is 5.95. The minimum atomic E-state index is -4.75. The van der Waals surface area contributed by atoms with Crippen molar-refractivity contribution in [2.75, 3.05) is 19.6 Å². The molecule has 0 bridgehead atoms. The van der Waals surface area contributed by atoms with Crippen LogP contribution in [0.15, 0.2) is 36.5 Å². The maximum absolute atomic E-state index is 13.6. The number of alkyl halides is 3. The SMILES string of the molecule is NC(=O)CN1CCC(NC(=O)c2cnn(-c3ccccc3)c2C(F)(F)F)CC1. The number of para-hydroxylation sites is 1. The average Bonchev–Trinajstić information content (AvgIpc) is 3.09. The van der Waals surface area contributed by atoms with E-state index in [9.17, 15) is 22.8 Å². The summed E-state index contributed by atoms with van der Waals surface area (Å²) in [6.07, 6.45) is -2.77. The highest BCUT2D eigenvalue weighted by Gasteiger charge is 2.41. The van der Waals surface area contributed by atoms with Gasteiger partial charge in [-0.25, -0.2) is 4.68 Å². The first-order valence-corrected chi connectivity index (χ1v) is 8.78. The van der Waals surface area contributed by atoms with Crippen LogP contribution in [0.3, 0.4) is 0 Å². The highest BCUT2D eigenvalue weighted by atomic mass is 19.4. The van der Waals surface area contributed by atoms with Gasteiger partial charge in [0.25, 0.3) is 5.91 Å². The smallest absolute Gasteiger partial charge is 0.369 e. The molecular formula is C18H20F3N5O2. The van der Waals surface area contributed by atoms with Gasteiger partial charge < -0.3 is 11.1 Å². The lowest BCUT2D eigenvalue weighted by atomic mass is 10.0. The molecule has 2 heterocycles. The molecule has 0 aliphatic carbocycles. The van der Waals surface area contributed by atoms with E-state index in [0.717, 1.165) is 10.9 Å². The predicted molar refractivity (Wildman–Crippen MR) is 94.7 cm³/mol. The minimum Gasteiger partial charge on any atom is -0.369 e. The zero-order chi connectivity index (χ0) is 20.3. The molecule has 2 aromatic rings. The van der Waals surface area contributed by atoms with Crippen molar-refractivity contribution < 1.29 is 22.8 Å². The van der Waals surface area contributed by atoms with E-state index in [2.05, 4.69) is 10.4 Å². The quantitative estimate of drug-likeness (QED) is 0.804. The lowest BCUT2D eigenvalue weighted by Crippen LogP contribution is -2.46. The highest BCUT2D eigenvalue weighted by Crippen LogP contribution is 2.33. The summed E-state index contributed by atoms with van der Waals surface area (Å²) in [4.78, 5) is 25.3. The minimum absolute atomic E-state index is 0.128. The Balaban J connectivity index is 1.76. The Morgan fingerprint density at radius 3 is 2.39 bits per heavy atom. The first-order chi connectivity index (χ1) is 13.3. The van der Waals surface area contributed by atoms with Crippen LogP contribution in [0.2, 0.25) is 0 Å². The van der Waals surface area contributed by atoms with E-state index in [-0.39, 0.29) is 18.3 Å². The fourth-order valence-corrected chi connectivity index (χ4v) is 3.27. The fourth-order valence-electron chi connectivity index (χ4n) is 3.27. The predicted octanol–water partition coefficient (Wildman–Crippen LogP) is 1.57. The van der Waals surface area contributed by atoms with Crippen molar-refractivity contribution in [3.05, 3.63) is 47.8 Å². The molecule has 10 heteroatoms. The number of amides is 2. The molecule has 28 heavy (non-hydrogen) atoms. The number of halogens is 3. The Morgan fingerprint density at radius 2 is 1.82 bits per heavy atom. The summed E-state index contributed by atoms with van der Waals surface area (Å²) in [5.41, 5.74) is 3.75. The number of hydrogen-bond acceptors (Lipinski definition) is 4. The number of rotatable bonds is 5. The molecule has 1 aromatic heterocycles. The third-order valence-corrected chi connectivity index (χ3v) is 4.59. The summed E-state index contributed by atoms with van der Waals surface area (Å²) < 4.78 is 41.7. The number of primary amides is 1. The van der Waals surface area contributed by atoms with Crippen LogP contribution in [-0.4, -0.2) is 52.2 Å². The molecule has 0 spiro atoms. The molecule has 150 valence electrons. The van der Waals surface area contributed by atoms with Crippen LogP contribution >= 0.6 is 0 Å². The van der Waals surface area contributed by atoms with E-state index in [1.807, 2.05) is 4.90 Å². The summed E-state index contributed by atoms with van der Waals surface area (Å²) in [6.45, 7) is 1.19. The Kier molecular flexibility index (Phi) is 5.68. The number of carbonyl (C=O) groups is 2. The molecule has 0 saturated carbocycles. The van der Waals surface area contributed by atoms with Crippen molar-refractivity contribution in [1.29, 1.82) is 0 Å². The Morgan fingerprint density at radius 1 is 1.18 bits per heavy atom. The van der Waals surface area contributed by atoms with Crippen molar-refractivity contribution >= 4 is 11.8 Å². The van der Waals surface area contributed by atoms with Crippen molar-refractivity contribution in [2.45, 2.75) is 25.1 Å². The largest absolute Gasteiger partial charge is 0.434 e. The van der Waals surface area contributed by atoms with Crippen molar-refractivity contribution in [3.63, 3.8) is 0 Å². The van der Waals surface area contributed by atoms with Gasteiger partial charge in [0.05, 0.1) is 24.0 Å². The lowest BCUT2D eigenvalue weighted by Gasteiger charge is -2.31. The molecular weight excluding hydrogens is 375 g/mol. The van der Waals surface area contributed by atoms with Crippen molar-refractivity contribution in [3.8, 4) is 5.69 Å². The molecule has 1 aromatic carbocycles. The Hall–Kier alpha value is -2.88. The molecule has 7 nitrogen and oxygen atoms in total. The van der Waals surface area contributed by atoms with Crippen LogP contribution in [0.25, 0.3) is 5.69 Å². The van der Waals surface area contributed by atoms with Gasteiger partial charge in [0.1, 0.15) is 0 Å². The van der Waals surface area contributed by atoms with Gasteiger partial charge in [-0.1, -0.05) is 18.2 Å². The third-order valence-electron chi connectivity index (χ3n) is 4.59. The number of hydrogen-bond donors (Lipinski definition) is 2. The summed E-state index contributed by atoms with van der Waals surface area (Å²) in [5, 5.41) is 6.44. The summed E-state index contributed by atoms with van der Waals surface area (Å²) >= 11 is 0. The fraction of sp³-hybridized carbons (Fsp3) is 0.389. The van der Waals surface area contributed by atoms with Gasteiger partial charge in [-0.2, -0.15) is 18.3 Å². The maximum atomic E-state index is 13.6. The molecule has 3 rings (SSSR count). The van der Waals surface area contributed by atoms with Gasteiger partial charge in [0, 0.05) is 19.1 Å². The molecule has 2 amide bonds. The second-order valence-corrected chi connectivity index (χ2v) is 6.64. The van der Waals surface area contributed by atoms with Crippen molar-refractivity contribution in [2.24, 2.45) is 5.73 Å². The Bertz CT molecular complexity index is 843. The van der Waals surface area contributed by atoms with E-state index >= 15 is 0 Å². The Labute approximate surface area is 159 Å².